The van der Waals surface area contributed by atoms with Gasteiger partial charge in [0.25, 0.3) is 0 Å². The van der Waals surface area contributed by atoms with Crippen LogP contribution in [0.2, 0.25) is 0 Å². The first-order chi connectivity index (χ1) is 13.1. The number of carbonyl (C=O) groups excluding carboxylic acids is 1. The number of Topliss-reactive ketones (excluding diaryl/α,β-unsaturated/α-hetero) is 1. The minimum absolute atomic E-state index is 0.211. The maximum Gasteiger partial charge on any atom is 0.133 e. The summed E-state index contributed by atoms with van der Waals surface area (Å²) in [5.41, 5.74) is 4.52. The van der Waals surface area contributed by atoms with Gasteiger partial charge in [0.15, 0.2) is 0 Å². The van der Waals surface area contributed by atoms with Crippen LogP contribution in [0.3, 0.4) is 0 Å². The molecule has 1 aliphatic rings. The molecule has 4 rings (SSSR count). The van der Waals surface area contributed by atoms with Crippen LogP contribution in [0.25, 0.3) is 11.1 Å². The van der Waals surface area contributed by atoms with Crippen LogP contribution in [-0.2, 0) is 11.3 Å². The van der Waals surface area contributed by atoms with Crippen molar-refractivity contribution in [3.8, 4) is 16.9 Å². The van der Waals surface area contributed by atoms with E-state index in [1.807, 2.05) is 41.9 Å². The van der Waals surface area contributed by atoms with Gasteiger partial charge in [0.2, 0.25) is 0 Å². The zero-order chi connectivity index (χ0) is 18.8. The summed E-state index contributed by atoms with van der Waals surface area (Å²) in [4.78, 5) is 11.3. The van der Waals surface area contributed by atoms with E-state index in [9.17, 15) is 4.79 Å². The molecule has 1 saturated carbocycles. The van der Waals surface area contributed by atoms with Crippen molar-refractivity contribution in [3.63, 3.8) is 0 Å². The first kappa shape index (κ1) is 17.5. The van der Waals surface area contributed by atoms with Crippen LogP contribution >= 0.6 is 0 Å². The number of benzene rings is 2. The molecule has 3 aromatic rings. The number of rotatable bonds is 7. The summed E-state index contributed by atoms with van der Waals surface area (Å²) in [5, 5.41) is 4.65. The number of aromatic nitrogens is 2. The van der Waals surface area contributed by atoms with Crippen LogP contribution in [-0.4, -0.2) is 22.2 Å². The number of aryl methyl sites for hydroxylation is 1. The fourth-order valence-electron chi connectivity index (χ4n) is 3.52. The van der Waals surface area contributed by atoms with E-state index in [0.717, 1.165) is 35.5 Å². The van der Waals surface area contributed by atoms with E-state index in [-0.39, 0.29) is 11.7 Å². The Morgan fingerprint density at radius 3 is 2.56 bits per heavy atom. The maximum atomic E-state index is 11.3. The van der Waals surface area contributed by atoms with Crippen LogP contribution in [0.5, 0.6) is 5.75 Å². The van der Waals surface area contributed by atoms with E-state index in [4.69, 9.17) is 4.74 Å². The second kappa shape index (κ2) is 7.39. The number of ketones is 1. The van der Waals surface area contributed by atoms with E-state index in [0.29, 0.717) is 12.5 Å². The molecule has 27 heavy (non-hydrogen) atoms. The van der Waals surface area contributed by atoms with E-state index in [1.54, 1.807) is 6.92 Å². The summed E-state index contributed by atoms with van der Waals surface area (Å²) in [6, 6.07) is 18.5. The van der Waals surface area contributed by atoms with Gasteiger partial charge in [-0.05, 0) is 43.5 Å². The van der Waals surface area contributed by atoms with Gasteiger partial charge in [0.05, 0.1) is 18.8 Å². The molecule has 1 aliphatic carbocycles. The molecule has 4 heteroatoms. The molecule has 0 radical (unpaired) electrons. The zero-order valence-electron chi connectivity index (χ0n) is 15.8. The molecule has 1 heterocycles. The van der Waals surface area contributed by atoms with Crippen molar-refractivity contribution in [2.24, 2.45) is 11.8 Å². The molecule has 0 amide bonds. The average molecular weight is 360 g/mol. The molecular weight excluding hydrogens is 336 g/mol. The van der Waals surface area contributed by atoms with Crippen molar-refractivity contribution in [1.82, 2.24) is 9.78 Å². The number of hydrogen-bond acceptors (Lipinski definition) is 3. The van der Waals surface area contributed by atoms with Crippen LogP contribution in [0, 0.1) is 18.8 Å². The lowest BCUT2D eigenvalue weighted by atomic mass is 10.1. The predicted molar refractivity (Wildman–Crippen MR) is 106 cm³/mol. The number of carbonyl (C=O) groups is 1. The molecule has 0 N–H and O–H groups in total. The summed E-state index contributed by atoms with van der Waals surface area (Å²) in [6.07, 6.45) is 3.06. The first-order valence-corrected chi connectivity index (χ1v) is 9.42. The van der Waals surface area contributed by atoms with Gasteiger partial charge in [-0.3, -0.25) is 9.48 Å². The van der Waals surface area contributed by atoms with Crippen molar-refractivity contribution >= 4 is 5.78 Å². The third-order valence-electron chi connectivity index (χ3n) is 5.21. The predicted octanol–water partition coefficient (Wildman–Crippen LogP) is 4.51. The maximum absolute atomic E-state index is 11.3. The second-order valence-electron chi connectivity index (χ2n) is 7.36. The summed E-state index contributed by atoms with van der Waals surface area (Å²) < 4.78 is 7.83. The van der Waals surface area contributed by atoms with Gasteiger partial charge in [0, 0.05) is 23.6 Å². The lowest BCUT2D eigenvalue weighted by Crippen LogP contribution is -2.04. The van der Waals surface area contributed by atoms with Crippen LogP contribution in [0.4, 0.5) is 0 Å². The highest BCUT2D eigenvalue weighted by Crippen LogP contribution is 2.39. The minimum Gasteiger partial charge on any atom is -0.493 e. The minimum atomic E-state index is 0.211. The summed E-state index contributed by atoms with van der Waals surface area (Å²) >= 11 is 0. The highest BCUT2D eigenvalue weighted by molar-refractivity contribution is 5.81. The van der Waals surface area contributed by atoms with Gasteiger partial charge in [-0.15, -0.1) is 0 Å². The Kier molecular flexibility index (Phi) is 4.80. The van der Waals surface area contributed by atoms with Crippen LogP contribution in [0.15, 0.2) is 60.8 Å². The zero-order valence-corrected chi connectivity index (χ0v) is 15.8. The topological polar surface area (TPSA) is 44.1 Å². The van der Waals surface area contributed by atoms with Gasteiger partial charge in [-0.25, -0.2) is 0 Å². The highest BCUT2D eigenvalue weighted by Gasteiger charge is 2.41. The Bertz CT molecular complexity index is 929. The average Bonchev–Trinajstić information content (AvgIpc) is 3.37. The second-order valence-corrected chi connectivity index (χ2v) is 7.36. The Balaban J connectivity index is 1.41. The van der Waals surface area contributed by atoms with E-state index in [1.165, 1.54) is 5.56 Å². The fourth-order valence-corrected chi connectivity index (χ4v) is 3.52. The van der Waals surface area contributed by atoms with Gasteiger partial charge in [0.1, 0.15) is 11.5 Å². The molecule has 2 aromatic carbocycles. The van der Waals surface area contributed by atoms with Crippen molar-refractivity contribution in [2.75, 3.05) is 6.61 Å². The van der Waals surface area contributed by atoms with E-state index < -0.39 is 0 Å². The molecule has 2 atom stereocenters. The number of ether oxygens (including phenoxy) is 1. The Morgan fingerprint density at radius 2 is 1.89 bits per heavy atom. The van der Waals surface area contributed by atoms with Crippen LogP contribution < -0.4 is 4.74 Å². The molecule has 4 nitrogen and oxygen atoms in total. The van der Waals surface area contributed by atoms with E-state index >= 15 is 0 Å². The van der Waals surface area contributed by atoms with Crippen molar-refractivity contribution in [2.45, 2.75) is 26.8 Å². The molecule has 0 bridgehead atoms. The Labute approximate surface area is 159 Å². The SMILES string of the molecule is CC(=O)C1CC1COc1ccc(-c2cn(Cc3ccccc3)nc2C)cc1. The molecule has 138 valence electrons. The van der Waals surface area contributed by atoms with Crippen LogP contribution in [0.1, 0.15) is 24.6 Å². The summed E-state index contributed by atoms with van der Waals surface area (Å²) in [7, 11) is 0. The molecule has 1 fully saturated rings. The van der Waals surface area contributed by atoms with Crippen molar-refractivity contribution < 1.29 is 9.53 Å². The highest BCUT2D eigenvalue weighted by atomic mass is 16.5. The van der Waals surface area contributed by atoms with Gasteiger partial charge in [-0.2, -0.15) is 5.10 Å². The van der Waals surface area contributed by atoms with Gasteiger partial charge < -0.3 is 4.74 Å². The monoisotopic (exact) mass is 360 g/mol. The number of nitrogens with zero attached hydrogens (tertiary/aromatic N) is 2. The smallest absolute Gasteiger partial charge is 0.133 e. The molecule has 0 aliphatic heterocycles. The fraction of sp³-hybridized carbons (Fsp3) is 0.304. The third kappa shape index (κ3) is 4.11. The molecule has 2 unspecified atom stereocenters. The van der Waals surface area contributed by atoms with Gasteiger partial charge in [-0.1, -0.05) is 42.5 Å². The lowest BCUT2D eigenvalue weighted by Gasteiger charge is -2.06. The largest absolute Gasteiger partial charge is 0.493 e. The molecule has 1 aromatic heterocycles. The van der Waals surface area contributed by atoms with Gasteiger partial charge >= 0.3 is 0 Å². The van der Waals surface area contributed by atoms with Crippen molar-refractivity contribution in [1.29, 1.82) is 0 Å². The Hall–Kier alpha value is -2.88. The lowest BCUT2D eigenvalue weighted by molar-refractivity contribution is -0.118. The quantitative estimate of drug-likeness (QED) is 0.623. The third-order valence-corrected chi connectivity index (χ3v) is 5.21. The molecular formula is C23H24N2O2. The summed E-state index contributed by atoms with van der Waals surface area (Å²) in [6.45, 7) is 5.09. The normalized spacial score (nSPS) is 18.3. The standard InChI is InChI=1S/C23H24N2O2/c1-16-23(14-25(24-16)13-18-6-4-3-5-7-18)19-8-10-21(11-9-19)27-15-20-12-22(20)17(2)26/h3-11,14,20,22H,12-13,15H2,1-2H3. The Morgan fingerprint density at radius 1 is 1.15 bits per heavy atom. The first-order valence-electron chi connectivity index (χ1n) is 9.42. The summed E-state index contributed by atoms with van der Waals surface area (Å²) in [5.74, 6) is 1.73. The molecule has 0 spiro atoms. The number of hydrogen-bond donors (Lipinski definition) is 0. The molecule has 0 saturated heterocycles. The van der Waals surface area contributed by atoms with E-state index in [2.05, 4.69) is 35.6 Å². The van der Waals surface area contributed by atoms with Crippen molar-refractivity contribution in [3.05, 3.63) is 72.1 Å².